The van der Waals surface area contributed by atoms with E-state index in [4.69, 9.17) is 5.73 Å². The van der Waals surface area contributed by atoms with E-state index in [9.17, 15) is 35.9 Å². The number of primary amides is 1. The van der Waals surface area contributed by atoms with Crippen molar-refractivity contribution in [3.63, 3.8) is 0 Å². The highest BCUT2D eigenvalue weighted by Gasteiger charge is 2.37. The Balaban J connectivity index is 1.78. The third-order valence-corrected chi connectivity index (χ3v) is 5.00. The average Bonchev–Trinajstić information content (AvgIpc) is 2.72. The summed E-state index contributed by atoms with van der Waals surface area (Å²) in [6.07, 6.45) is -7.51. The fourth-order valence-corrected chi connectivity index (χ4v) is 3.35. The minimum absolute atomic E-state index is 0.0505. The number of hydrogen-bond acceptors (Lipinski definition) is 4. The van der Waals surface area contributed by atoms with Crippen molar-refractivity contribution in [1.82, 2.24) is 4.98 Å². The summed E-state index contributed by atoms with van der Waals surface area (Å²) >= 11 is 0. The van der Waals surface area contributed by atoms with Crippen LogP contribution in [0.3, 0.4) is 0 Å². The van der Waals surface area contributed by atoms with Gasteiger partial charge in [0.25, 0.3) is 5.91 Å². The van der Waals surface area contributed by atoms with Crippen molar-refractivity contribution in [1.29, 1.82) is 0 Å². The number of pyridine rings is 1. The highest BCUT2D eigenvalue weighted by Crippen LogP contribution is 2.36. The molecule has 0 spiro atoms. The molecule has 2 heterocycles. The minimum Gasteiger partial charge on any atom is -0.369 e. The summed E-state index contributed by atoms with van der Waals surface area (Å²) in [6.45, 7) is 1.01. The maximum Gasteiger partial charge on any atom is 0.416 e. The van der Waals surface area contributed by atoms with Gasteiger partial charge in [-0.3, -0.25) is 9.59 Å². The Morgan fingerprint density at radius 3 is 2.16 bits per heavy atom. The minimum atomic E-state index is -5.06. The zero-order valence-corrected chi connectivity index (χ0v) is 16.4. The number of halogens is 6. The molecule has 1 atom stereocenters. The molecule has 1 unspecified atom stereocenters. The topological polar surface area (TPSA) is 88.3 Å². The maximum atomic E-state index is 13.0. The zero-order valence-electron chi connectivity index (χ0n) is 16.4. The molecule has 3 N–H and O–H groups in total. The van der Waals surface area contributed by atoms with Gasteiger partial charge in [0.05, 0.1) is 28.9 Å². The number of rotatable bonds is 4. The first-order chi connectivity index (χ1) is 14.8. The summed E-state index contributed by atoms with van der Waals surface area (Å²) in [5.41, 5.74) is 1.46. The van der Waals surface area contributed by atoms with Crippen LogP contribution in [0.15, 0.2) is 36.5 Å². The van der Waals surface area contributed by atoms with Crippen LogP contribution in [-0.4, -0.2) is 29.9 Å². The van der Waals surface area contributed by atoms with Crippen LogP contribution in [0.25, 0.3) is 0 Å². The number of carbonyl (C=O) groups is 2. The summed E-state index contributed by atoms with van der Waals surface area (Å²) in [5.74, 6) is -1.40. The molecule has 0 radical (unpaired) electrons. The lowest BCUT2D eigenvalue weighted by Gasteiger charge is -2.32. The molecular formula is C20H18F6N4O2. The summed E-state index contributed by atoms with van der Waals surface area (Å²) in [5, 5.41) is 2.24. The van der Waals surface area contributed by atoms with Crippen molar-refractivity contribution in [2.45, 2.75) is 25.2 Å². The second kappa shape index (κ2) is 8.67. The van der Waals surface area contributed by atoms with Gasteiger partial charge >= 0.3 is 12.4 Å². The molecule has 172 valence electrons. The van der Waals surface area contributed by atoms with Crippen molar-refractivity contribution >= 4 is 23.3 Å². The lowest BCUT2D eigenvalue weighted by atomic mass is 9.97. The second-order valence-corrected chi connectivity index (χ2v) is 7.34. The van der Waals surface area contributed by atoms with Crippen LogP contribution in [-0.2, 0) is 17.1 Å². The smallest absolute Gasteiger partial charge is 0.369 e. The van der Waals surface area contributed by atoms with Gasteiger partial charge in [0.15, 0.2) is 0 Å². The van der Waals surface area contributed by atoms with Gasteiger partial charge in [0, 0.05) is 18.7 Å². The van der Waals surface area contributed by atoms with Crippen LogP contribution in [0.4, 0.5) is 37.8 Å². The summed E-state index contributed by atoms with van der Waals surface area (Å²) < 4.78 is 77.9. The van der Waals surface area contributed by atoms with Crippen molar-refractivity contribution in [2.75, 3.05) is 23.3 Å². The normalized spacial score (nSPS) is 17.2. The number of nitrogens with one attached hydrogen (secondary N) is 1. The number of carbonyl (C=O) groups excluding carboxylic acids is 2. The van der Waals surface area contributed by atoms with Gasteiger partial charge in [-0.25, -0.2) is 4.98 Å². The fraction of sp³-hybridized carbons (Fsp3) is 0.350. The number of nitrogens with two attached hydrogens (primary N) is 1. The van der Waals surface area contributed by atoms with Crippen LogP contribution >= 0.6 is 0 Å². The first-order valence-electron chi connectivity index (χ1n) is 9.46. The predicted molar refractivity (Wildman–Crippen MR) is 103 cm³/mol. The van der Waals surface area contributed by atoms with E-state index in [1.54, 1.807) is 0 Å². The lowest BCUT2D eigenvalue weighted by Crippen LogP contribution is -2.41. The monoisotopic (exact) mass is 460 g/mol. The molecule has 1 aromatic carbocycles. The highest BCUT2D eigenvalue weighted by molar-refractivity contribution is 6.04. The average molecular weight is 460 g/mol. The first kappa shape index (κ1) is 23.4. The predicted octanol–water partition coefficient (Wildman–Crippen LogP) is 4.07. The van der Waals surface area contributed by atoms with Crippen LogP contribution in [0.5, 0.6) is 0 Å². The Kier molecular flexibility index (Phi) is 6.33. The molecule has 2 aromatic rings. The van der Waals surface area contributed by atoms with Gasteiger partial charge in [-0.2, -0.15) is 26.3 Å². The number of piperidine rings is 1. The van der Waals surface area contributed by atoms with E-state index in [0.717, 1.165) is 6.42 Å². The van der Waals surface area contributed by atoms with Crippen LogP contribution in [0, 0.1) is 5.92 Å². The standard InChI is InChI=1S/C20H18F6N4O2/c21-19(22,23)13-6-12(7-14(8-13)20(24,25)26)18(32)29-15-3-4-16(28-9-15)30-5-1-2-11(10-30)17(27)31/h3-4,6-9,11H,1-2,5,10H2,(H2,27,31)(H,29,32). The second-order valence-electron chi connectivity index (χ2n) is 7.34. The van der Waals surface area contributed by atoms with Crippen LogP contribution < -0.4 is 16.0 Å². The number of aromatic nitrogens is 1. The fourth-order valence-electron chi connectivity index (χ4n) is 3.35. The van der Waals surface area contributed by atoms with Crippen molar-refractivity contribution in [3.8, 4) is 0 Å². The van der Waals surface area contributed by atoms with E-state index in [2.05, 4.69) is 10.3 Å². The van der Waals surface area contributed by atoms with Gasteiger partial charge in [-0.15, -0.1) is 0 Å². The molecule has 1 aromatic heterocycles. The number of alkyl halides is 6. The largest absolute Gasteiger partial charge is 0.416 e. The Morgan fingerprint density at radius 2 is 1.66 bits per heavy atom. The van der Waals surface area contributed by atoms with E-state index in [1.807, 2.05) is 4.90 Å². The number of anilines is 2. The van der Waals surface area contributed by atoms with Gasteiger partial charge in [0.1, 0.15) is 5.82 Å². The third-order valence-electron chi connectivity index (χ3n) is 5.00. The molecule has 0 saturated carbocycles. The summed E-state index contributed by atoms with van der Waals surface area (Å²) in [6, 6.07) is 3.58. The Bertz CT molecular complexity index is 972. The van der Waals surface area contributed by atoms with Gasteiger partial charge in [-0.1, -0.05) is 0 Å². The van der Waals surface area contributed by atoms with Crippen molar-refractivity contribution in [3.05, 3.63) is 53.2 Å². The molecule has 6 nitrogen and oxygen atoms in total. The number of hydrogen-bond donors (Lipinski definition) is 2. The molecule has 2 amide bonds. The molecule has 1 saturated heterocycles. The molecule has 1 fully saturated rings. The molecule has 0 aliphatic carbocycles. The maximum absolute atomic E-state index is 13.0. The first-order valence-corrected chi connectivity index (χ1v) is 9.46. The van der Waals surface area contributed by atoms with Crippen LogP contribution in [0.2, 0.25) is 0 Å². The zero-order chi connectivity index (χ0) is 23.7. The Labute approximate surface area is 178 Å². The summed E-state index contributed by atoms with van der Waals surface area (Å²) in [7, 11) is 0. The van der Waals surface area contributed by atoms with Gasteiger partial charge in [-0.05, 0) is 43.2 Å². The Hall–Kier alpha value is -3.31. The SMILES string of the molecule is NC(=O)C1CCCN(c2ccc(NC(=O)c3cc(C(F)(F)F)cc(C(F)(F)F)c3)cn2)C1. The highest BCUT2D eigenvalue weighted by atomic mass is 19.4. The van der Waals surface area contributed by atoms with Gasteiger partial charge in [0.2, 0.25) is 5.91 Å². The molecule has 1 aliphatic heterocycles. The molecule has 3 rings (SSSR count). The van der Waals surface area contributed by atoms with E-state index < -0.39 is 40.9 Å². The lowest BCUT2D eigenvalue weighted by molar-refractivity contribution is -0.143. The van der Waals surface area contributed by atoms with E-state index in [-0.39, 0.29) is 17.7 Å². The molecule has 32 heavy (non-hydrogen) atoms. The quantitative estimate of drug-likeness (QED) is 0.674. The molecular weight excluding hydrogens is 442 g/mol. The number of amides is 2. The van der Waals surface area contributed by atoms with Crippen LogP contribution in [0.1, 0.15) is 34.3 Å². The van der Waals surface area contributed by atoms with E-state index in [0.29, 0.717) is 37.5 Å². The van der Waals surface area contributed by atoms with E-state index in [1.165, 1.54) is 18.3 Å². The van der Waals surface area contributed by atoms with E-state index >= 15 is 0 Å². The molecule has 1 aliphatic rings. The molecule has 12 heteroatoms. The summed E-state index contributed by atoms with van der Waals surface area (Å²) in [4.78, 5) is 29.7. The number of benzene rings is 1. The van der Waals surface area contributed by atoms with Crippen molar-refractivity contribution < 1.29 is 35.9 Å². The van der Waals surface area contributed by atoms with Crippen molar-refractivity contribution in [2.24, 2.45) is 11.7 Å². The number of nitrogens with zero attached hydrogens (tertiary/aromatic N) is 2. The Morgan fingerprint density at radius 1 is 1.03 bits per heavy atom. The molecule has 0 bridgehead atoms. The third kappa shape index (κ3) is 5.48. The van der Waals surface area contributed by atoms with Gasteiger partial charge < -0.3 is 16.0 Å².